The van der Waals surface area contributed by atoms with Crippen LogP contribution in [-0.4, -0.2) is 4.57 Å². The van der Waals surface area contributed by atoms with E-state index in [4.69, 9.17) is 0 Å². The van der Waals surface area contributed by atoms with Gasteiger partial charge in [0.15, 0.2) is 0 Å². The number of nitrogens with zero attached hydrogens (tertiary/aromatic N) is 2. The zero-order chi connectivity index (χ0) is 41.9. The Kier molecular flexibility index (Phi) is 7.51. The molecule has 298 valence electrons. The summed E-state index contributed by atoms with van der Waals surface area (Å²) >= 11 is 1.87. The van der Waals surface area contributed by atoms with Crippen LogP contribution in [0.2, 0.25) is 0 Å². The molecule has 0 unspecified atom stereocenters. The Morgan fingerprint density at radius 3 is 1.62 bits per heavy atom. The van der Waals surface area contributed by atoms with Crippen molar-refractivity contribution < 1.29 is 0 Å². The predicted octanol–water partition coefficient (Wildman–Crippen LogP) is 16.6. The Morgan fingerprint density at radius 1 is 0.344 bits per heavy atom. The number of anilines is 3. The molecule has 10 aromatic carbocycles. The molecule has 1 spiro atoms. The number of fused-ring (bicyclic) bond motifs is 16. The molecule has 64 heavy (non-hydrogen) atoms. The van der Waals surface area contributed by atoms with E-state index in [0.717, 1.165) is 22.7 Å². The molecule has 3 heteroatoms. The summed E-state index contributed by atoms with van der Waals surface area (Å²) in [5, 5.41) is 5.03. The SMILES string of the molecule is c1ccc(-n2c3ccccc3c3c(N(c4ccc5c(c4)C4(c6ccccc6-c6ccccc64)c4ccccc4-5)c4ccccc4-c4cccc5sc6ccccc6c45)cccc32)cc1. The maximum Gasteiger partial charge on any atom is 0.0726 e. The Labute approximate surface area is 375 Å². The third-order valence-electron chi connectivity index (χ3n) is 14.0. The lowest BCUT2D eigenvalue weighted by Crippen LogP contribution is -2.26. The first kappa shape index (κ1) is 35.6. The summed E-state index contributed by atoms with van der Waals surface area (Å²) in [4.78, 5) is 2.57. The molecule has 2 aliphatic carbocycles. The fraction of sp³-hybridized carbons (Fsp3) is 0.0164. The summed E-state index contributed by atoms with van der Waals surface area (Å²) in [6.45, 7) is 0. The average Bonchev–Trinajstić information content (AvgIpc) is 4.09. The second-order valence-corrected chi connectivity index (χ2v) is 18.2. The van der Waals surface area contributed by atoms with Crippen molar-refractivity contribution in [2.75, 3.05) is 4.90 Å². The lowest BCUT2D eigenvalue weighted by Gasteiger charge is -2.33. The lowest BCUT2D eigenvalue weighted by atomic mass is 9.70. The maximum atomic E-state index is 2.57. The molecule has 14 rings (SSSR count). The van der Waals surface area contributed by atoms with E-state index < -0.39 is 5.41 Å². The summed E-state index contributed by atoms with van der Waals surface area (Å²) in [5.41, 5.74) is 19.4. The summed E-state index contributed by atoms with van der Waals surface area (Å²) in [6.07, 6.45) is 0. The summed E-state index contributed by atoms with van der Waals surface area (Å²) in [7, 11) is 0. The fourth-order valence-corrected chi connectivity index (χ4v) is 12.7. The number of hydrogen-bond acceptors (Lipinski definition) is 2. The topological polar surface area (TPSA) is 8.17 Å². The van der Waals surface area contributed by atoms with Gasteiger partial charge in [0.25, 0.3) is 0 Å². The number of aromatic nitrogens is 1. The molecule has 0 saturated heterocycles. The predicted molar refractivity (Wildman–Crippen MR) is 270 cm³/mol. The molecule has 0 atom stereocenters. The largest absolute Gasteiger partial charge is 0.309 e. The monoisotopic (exact) mass is 830 g/mol. The van der Waals surface area contributed by atoms with Crippen LogP contribution in [0.5, 0.6) is 0 Å². The van der Waals surface area contributed by atoms with E-state index in [1.807, 2.05) is 11.3 Å². The molecular weight excluding hydrogens is 793 g/mol. The number of rotatable bonds is 5. The molecule has 0 fully saturated rings. The van der Waals surface area contributed by atoms with E-state index in [0.29, 0.717) is 0 Å². The number of hydrogen-bond donors (Lipinski definition) is 0. The van der Waals surface area contributed by atoms with Crippen LogP contribution < -0.4 is 4.90 Å². The van der Waals surface area contributed by atoms with Crippen molar-refractivity contribution >= 4 is 70.4 Å². The maximum absolute atomic E-state index is 2.57. The molecule has 0 bridgehead atoms. The van der Waals surface area contributed by atoms with E-state index in [9.17, 15) is 0 Å². The highest BCUT2D eigenvalue weighted by Crippen LogP contribution is 2.63. The Balaban J connectivity index is 1.11. The second-order valence-electron chi connectivity index (χ2n) is 17.1. The molecule has 12 aromatic rings. The first-order valence-corrected chi connectivity index (χ1v) is 22.9. The number of benzene rings is 10. The van der Waals surface area contributed by atoms with Gasteiger partial charge in [-0.15, -0.1) is 11.3 Å². The van der Waals surface area contributed by atoms with Crippen molar-refractivity contribution in [3.63, 3.8) is 0 Å². The van der Waals surface area contributed by atoms with Gasteiger partial charge in [0.05, 0.1) is 27.8 Å². The molecule has 0 amide bonds. The minimum Gasteiger partial charge on any atom is -0.309 e. The van der Waals surface area contributed by atoms with Crippen LogP contribution in [0.25, 0.3) is 81.0 Å². The molecule has 2 aromatic heterocycles. The zero-order valence-corrected chi connectivity index (χ0v) is 35.6. The van der Waals surface area contributed by atoms with Crippen molar-refractivity contribution in [3.05, 3.63) is 253 Å². The molecule has 2 aliphatic rings. The van der Waals surface area contributed by atoms with E-state index >= 15 is 0 Å². The minimum atomic E-state index is -0.475. The summed E-state index contributed by atoms with van der Waals surface area (Å²) in [5.74, 6) is 0. The first-order chi connectivity index (χ1) is 31.8. The summed E-state index contributed by atoms with van der Waals surface area (Å²) < 4.78 is 5.03. The number of thiophene rings is 1. The van der Waals surface area contributed by atoms with Gasteiger partial charge in [-0.2, -0.15) is 0 Å². The van der Waals surface area contributed by atoms with Crippen LogP contribution in [0.15, 0.2) is 231 Å². The molecule has 0 N–H and O–H groups in total. The van der Waals surface area contributed by atoms with Gasteiger partial charge in [-0.25, -0.2) is 0 Å². The Morgan fingerprint density at radius 2 is 0.875 bits per heavy atom. The highest BCUT2D eigenvalue weighted by Gasteiger charge is 2.51. The third kappa shape index (κ3) is 4.74. The van der Waals surface area contributed by atoms with Crippen LogP contribution in [0.4, 0.5) is 17.1 Å². The van der Waals surface area contributed by atoms with Gasteiger partial charge in [0, 0.05) is 47.9 Å². The van der Waals surface area contributed by atoms with Crippen molar-refractivity contribution in [1.29, 1.82) is 0 Å². The van der Waals surface area contributed by atoms with Crippen LogP contribution in [0.1, 0.15) is 22.3 Å². The minimum absolute atomic E-state index is 0.475. The quantitative estimate of drug-likeness (QED) is 0.168. The normalized spacial score (nSPS) is 13.1. The van der Waals surface area contributed by atoms with Crippen LogP contribution in [0, 0.1) is 0 Å². The van der Waals surface area contributed by atoms with Gasteiger partial charge in [0.1, 0.15) is 0 Å². The van der Waals surface area contributed by atoms with E-state index in [1.165, 1.54) is 97.6 Å². The van der Waals surface area contributed by atoms with Crippen molar-refractivity contribution in [1.82, 2.24) is 4.57 Å². The smallest absolute Gasteiger partial charge is 0.0726 e. The van der Waals surface area contributed by atoms with E-state index in [2.05, 4.69) is 240 Å². The first-order valence-electron chi connectivity index (χ1n) is 22.1. The van der Waals surface area contributed by atoms with E-state index in [-0.39, 0.29) is 0 Å². The summed E-state index contributed by atoms with van der Waals surface area (Å²) in [6, 6.07) is 85.9. The average molecular weight is 831 g/mol. The standard InChI is InChI=1S/C61H38N2S/c1-2-18-39(19-3-1)62-54-31-14-8-24-47(54)60-55(62)32-17-33-56(60)63(53-30-13-7-23-45(53)46-26-16-35-58-59(46)48-25-9-15-34-57(48)64-58)40-36-37-44-43-22-6-12-29-51(43)61(52(44)38-40)49-27-10-4-20-41(49)42-21-5-11-28-50(42)61/h1-38H. The van der Waals surface area contributed by atoms with Crippen molar-refractivity contribution in [2.45, 2.75) is 5.41 Å². The molecule has 2 nitrogen and oxygen atoms in total. The zero-order valence-electron chi connectivity index (χ0n) is 34.7. The van der Waals surface area contributed by atoms with Gasteiger partial charge >= 0.3 is 0 Å². The fourth-order valence-electron chi connectivity index (χ4n) is 11.6. The third-order valence-corrected chi connectivity index (χ3v) is 15.1. The van der Waals surface area contributed by atoms with E-state index in [1.54, 1.807) is 0 Å². The number of para-hydroxylation sites is 3. The molecule has 0 aliphatic heterocycles. The highest BCUT2D eigenvalue weighted by atomic mass is 32.1. The highest BCUT2D eigenvalue weighted by molar-refractivity contribution is 7.25. The van der Waals surface area contributed by atoms with Gasteiger partial charge in [-0.3, -0.25) is 0 Å². The lowest BCUT2D eigenvalue weighted by molar-refractivity contribution is 0.793. The Hall–Kier alpha value is -7.98. The van der Waals surface area contributed by atoms with Crippen LogP contribution >= 0.6 is 11.3 Å². The second kappa shape index (κ2) is 13.5. The molecule has 0 saturated carbocycles. The van der Waals surface area contributed by atoms with Crippen LogP contribution in [-0.2, 0) is 5.41 Å². The molecule has 0 radical (unpaired) electrons. The van der Waals surface area contributed by atoms with Gasteiger partial charge in [-0.1, -0.05) is 170 Å². The van der Waals surface area contributed by atoms with Gasteiger partial charge in [0.2, 0.25) is 0 Å². The van der Waals surface area contributed by atoms with Crippen LogP contribution in [0.3, 0.4) is 0 Å². The Bertz CT molecular complexity index is 3810. The molecule has 2 heterocycles. The van der Waals surface area contributed by atoms with Gasteiger partial charge < -0.3 is 9.47 Å². The van der Waals surface area contributed by atoms with Gasteiger partial charge in [-0.05, 0) is 111 Å². The molecular formula is C61H38N2S. The van der Waals surface area contributed by atoms with Crippen molar-refractivity contribution in [2.24, 2.45) is 0 Å². The van der Waals surface area contributed by atoms with Crippen molar-refractivity contribution in [3.8, 4) is 39.1 Å².